The van der Waals surface area contributed by atoms with Gasteiger partial charge in [0, 0.05) is 31.7 Å². The molecule has 0 unspecified atom stereocenters. The average molecular weight is 469 g/mol. The maximum Gasteiger partial charge on any atom is 0.295 e. The average Bonchev–Trinajstić information content (AvgIpc) is 3.39. The van der Waals surface area contributed by atoms with Crippen molar-refractivity contribution in [2.45, 2.75) is 32.7 Å². The van der Waals surface area contributed by atoms with Gasteiger partial charge in [-0.2, -0.15) is 0 Å². The summed E-state index contributed by atoms with van der Waals surface area (Å²) in [5, 5.41) is 11.1. The molecule has 0 saturated carbocycles. The second-order valence-electron chi connectivity index (χ2n) is 8.62. The zero-order valence-corrected chi connectivity index (χ0v) is 19.8. The maximum absolute atomic E-state index is 13.1. The van der Waals surface area contributed by atoms with E-state index in [-0.39, 0.29) is 11.3 Å². The van der Waals surface area contributed by atoms with E-state index in [4.69, 9.17) is 13.9 Å². The van der Waals surface area contributed by atoms with E-state index in [2.05, 4.69) is 4.90 Å². The third kappa shape index (κ3) is 5.18. The minimum atomic E-state index is -0.769. The Morgan fingerprint density at radius 2 is 1.82 bits per heavy atom. The molecule has 2 fully saturated rings. The van der Waals surface area contributed by atoms with Crippen LogP contribution in [-0.2, 0) is 14.3 Å². The number of hydrogen-bond donors (Lipinski definition) is 1. The molecule has 4 rings (SSSR count). The second kappa shape index (κ2) is 10.9. The lowest BCUT2D eigenvalue weighted by Gasteiger charge is -2.28. The monoisotopic (exact) mass is 468 g/mol. The van der Waals surface area contributed by atoms with Crippen molar-refractivity contribution in [3.8, 4) is 5.75 Å². The molecule has 1 aromatic carbocycles. The van der Waals surface area contributed by atoms with Gasteiger partial charge in [-0.25, -0.2) is 0 Å². The zero-order chi connectivity index (χ0) is 24.1. The molecule has 8 nitrogen and oxygen atoms in total. The largest absolute Gasteiger partial charge is 0.507 e. The van der Waals surface area contributed by atoms with Crippen LogP contribution in [0, 0.1) is 6.92 Å². The SMILES string of the molecule is CCCOc1ccc(C(O)=C2C(=O)C(=O)N(CCCN3CCOCC3)[C@@H]2c2ccc(C)o2)cc1. The highest BCUT2D eigenvalue weighted by atomic mass is 16.5. The Morgan fingerprint density at radius 1 is 1.09 bits per heavy atom. The van der Waals surface area contributed by atoms with E-state index in [9.17, 15) is 14.7 Å². The van der Waals surface area contributed by atoms with Crippen LogP contribution >= 0.6 is 0 Å². The molecule has 0 radical (unpaired) electrons. The van der Waals surface area contributed by atoms with Gasteiger partial charge in [0.05, 0.1) is 25.4 Å². The number of ether oxygens (including phenoxy) is 2. The van der Waals surface area contributed by atoms with Crippen LogP contribution in [0.5, 0.6) is 5.75 Å². The van der Waals surface area contributed by atoms with Crippen LogP contribution in [0.15, 0.2) is 46.4 Å². The Bertz CT molecular complexity index is 1040. The number of aliphatic hydroxyl groups is 1. The molecule has 2 saturated heterocycles. The number of morpholine rings is 1. The van der Waals surface area contributed by atoms with Crippen molar-refractivity contribution >= 4 is 17.4 Å². The number of likely N-dealkylation sites (tertiary alicyclic amines) is 1. The number of carbonyl (C=O) groups excluding carboxylic acids is 2. The summed E-state index contributed by atoms with van der Waals surface area (Å²) >= 11 is 0. The summed E-state index contributed by atoms with van der Waals surface area (Å²) in [5.74, 6) is 0.286. The van der Waals surface area contributed by atoms with E-state index in [1.165, 1.54) is 4.90 Å². The molecule has 2 aliphatic rings. The van der Waals surface area contributed by atoms with E-state index in [1.54, 1.807) is 36.4 Å². The molecule has 0 bridgehead atoms. The van der Waals surface area contributed by atoms with Gasteiger partial charge in [-0.15, -0.1) is 0 Å². The van der Waals surface area contributed by atoms with Gasteiger partial charge in [-0.3, -0.25) is 14.5 Å². The molecule has 2 aliphatic heterocycles. The minimum absolute atomic E-state index is 0.0490. The highest BCUT2D eigenvalue weighted by Crippen LogP contribution is 2.40. The van der Waals surface area contributed by atoms with E-state index in [1.807, 2.05) is 13.8 Å². The van der Waals surface area contributed by atoms with Gasteiger partial charge in [-0.05, 0) is 56.2 Å². The number of carbonyl (C=O) groups is 2. The minimum Gasteiger partial charge on any atom is -0.507 e. The number of aliphatic hydroxyl groups excluding tert-OH is 1. The van der Waals surface area contributed by atoms with E-state index in [0.29, 0.717) is 55.6 Å². The van der Waals surface area contributed by atoms with Gasteiger partial charge in [0.25, 0.3) is 11.7 Å². The highest BCUT2D eigenvalue weighted by molar-refractivity contribution is 6.46. The lowest BCUT2D eigenvalue weighted by molar-refractivity contribution is -0.140. The molecule has 0 spiro atoms. The van der Waals surface area contributed by atoms with Crippen molar-refractivity contribution in [1.29, 1.82) is 0 Å². The lowest BCUT2D eigenvalue weighted by atomic mass is 9.99. The fraction of sp³-hybridized carbons (Fsp3) is 0.462. The Labute approximate surface area is 199 Å². The molecular formula is C26H32N2O6. The van der Waals surface area contributed by atoms with Gasteiger partial charge in [-0.1, -0.05) is 6.92 Å². The Hall–Kier alpha value is -3.10. The first-order valence-electron chi connectivity index (χ1n) is 11.9. The maximum atomic E-state index is 13.1. The predicted molar refractivity (Wildman–Crippen MR) is 127 cm³/mol. The van der Waals surface area contributed by atoms with E-state index in [0.717, 1.165) is 26.1 Å². The number of ketones is 1. The molecule has 1 amide bonds. The number of aryl methyl sites for hydroxylation is 1. The summed E-state index contributed by atoms with van der Waals surface area (Å²) in [6, 6.07) is 9.66. The number of amides is 1. The van der Waals surface area contributed by atoms with Crippen molar-refractivity contribution < 1.29 is 28.6 Å². The summed E-state index contributed by atoms with van der Waals surface area (Å²) in [5.41, 5.74) is 0.497. The standard InChI is InChI=1S/C26H32N2O6/c1-3-15-33-20-8-6-19(7-9-20)24(29)22-23(21-10-5-18(2)34-21)28(26(31)25(22)30)12-4-11-27-13-16-32-17-14-27/h5-10,23,29H,3-4,11-17H2,1-2H3/t23-/m1/s1. The van der Waals surface area contributed by atoms with Crippen LogP contribution in [-0.4, -0.2) is 72.6 Å². The Morgan fingerprint density at radius 3 is 2.47 bits per heavy atom. The summed E-state index contributed by atoms with van der Waals surface area (Å²) in [6.45, 7) is 8.74. The van der Waals surface area contributed by atoms with Crippen LogP contribution in [0.3, 0.4) is 0 Å². The molecule has 8 heteroatoms. The molecule has 0 aliphatic carbocycles. The fourth-order valence-corrected chi connectivity index (χ4v) is 4.38. The van der Waals surface area contributed by atoms with Crippen LogP contribution in [0.25, 0.3) is 5.76 Å². The molecular weight excluding hydrogens is 436 g/mol. The second-order valence-corrected chi connectivity index (χ2v) is 8.62. The molecule has 2 aromatic rings. The Kier molecular flexibility index (Phi) is 7.70. The van der Waals surface area contributed by atoms with Gasteiger partial charge < -0.3 is 23.9 Å². The third-order valence-electron chi connectivity index (χ3n) is 6.15. The van der Waals surface area contributed by atoms with Crippen LogP contribution in [0.2, 0.25) is 0 Å². The first kappa shape index (κ1) is 24.0. The number of benzene rings is 1. The Balaban J connectivity index is 1.60. The fourth-order valence-electron chi connectivity index (χ4n) is 4.38. The van der Waals surface area contributed by atoms with Gasteiger partial charge in [0.2, 0.25) is 0 Å². The predicted octanol–water partition coefficient (Wildman–Crippen LogP) is 3.52. The smallest absolute Gasteiger partial charge is 0.295 e. The van der Waals surface area contributed by atoms with Crippen molar-refractivity contribution in [1.82, 2.24) is 9.80 Å². The summed E-state index contributed by atoms with van der Waals surface area (Å²) < 4.78 is 16.8. The summed E-state index contributed by atoms with van der Waals surface area (Å²) in [4.78, 5) is 29.9. The van der Waals surface area contributed by atoms with Crippen LogP contribution in [0.1, 0.15) is 42.9 Å². The molecule has 1 atom stereocenters. The number of Topliss-reactive ketones (excluding diaryl/α,β-unsaturated/α-hetero) is 1. The van der Waals surface area contributed by atoms with E-state index >= 15 is 0 Å². The molecule has 182 valence electrons. The number of rotatable bonds is 9. The van der Waals surface area contributed by atoms with Crippen molar-refractivity contribution in [3.63, 3.8) is 0 Å². The highest BCUT2D eigenvalue weighted by Gasteiger charge is 2.47. The van der Waals surface area contributed by atoms with Crippen molar-refractivity contribution in [2.75, 3.05) is 46.0 Å². The van der Waals surface area contributed by atoms with Gasteiger partial charge >= 0.3 is 0 Å². The van der Waals surface area contributed by atoms with Crippen LogP contribution < -0.4 is 4.74 Å². The van der Waals surface area contributed by atoms with Gasteiger partial charge in [0.1, 0.15) is 29.1 Å². The number of furan rings is 1. The quantitative estimate of drug-likeness (QED) is 0.342. The molecule has 1 aromatic heterocycles. The van der Waals surface area contributed by atoms with Crippen molar-refractivity contribution in [3.05, 3.63) is 59.1 Å². The molecule has 1 N–H and O–H groups in total. The van der Waals surface area contributed by atoms with Crippen LogP contribution in [0.4, 0.5) is 0 Å². The van der Waals surface area contributed by atoms with E-state index < -0.39 is 17.7 Å². The van der Waals surface area contributed by atoms with Crippen molar-refractivity contribution in [2.24, 2.45) is 0 Å². The normalized spacial score (nSPS) is 20.8. The lowest BCUT2D eigenvalue weighted by Crippen LogP contribution is -2.38. The van der Waals surface area contributed by atoms with Gasteiger partial charge in [0.15, 0.2) is 0 Å². The first-order chi connectivity index (χ1) is 16.5. The number of nitrogens with zero attached hydrogens (tertiary/aromatic N) is 2. The first-order valence-corrected chi connectivity index (χ1v) is 11.9. The molecule has 3 heterocycles. The number of hydrogen-bond acceptors (Lipinski definition) is 7. The molecule has 34 heavy (non-hydrogen) atoms. The topological polar surface area (TPSA) is 92.5 Å². The summed E-state index contributed by atoms with van der Waals surface area (Å²) in [7, 11) is 0. The zero-order valence-electron chi connectivity index (χ0n) is 19.8. The third-order valence-corrected chi connectivity index (χ3v) is 6.15. The summed E-state index contributed by atoms with van der Waals surface area (Å²) in [6.07, 6.45) is 1.59.